The van der Waals surface area contributed by atoms with Gasteiger partial charge in [-0.3, -0.25) is 14.6 Å². The second kappa shape index (κ2) is 8.93. The van der Waals surface area contributed by atoms with Gasteiger partial charge in [-0.1, -0.05) is 48.5 Å². The molecule has 0 heterocycles. The average Bonchev–Trinajstić information content (AvgIpc) is 2.65. The van der Waals surface area contributed by atoms with E-state index < -0.39 is 5.97 Å². The van der Waals surface area contributed by atoms with Gasteiger partial charge in [-0.2, -0.15) is 0 Å². The molecular weight excluding hydrogens is 328 g/mol. The van der Waals surface area contributed by atoms with Gasteiger partial charge in [0, 0.05) is 7.05 Å². The Morgan fingerprint density at radius 2 is 1.58 bits per heavy atom. The Bertz CT molecular complexity index is 664. The number of para-hydroxylation sites is 1. The first-order chi connectivity index (χ1) is 11.6. The van der Waals surface area contributed by atoms with Gasteiger partial charge >= 0.3 is 5.97 Å². The summed E-state index contributed by atoms with van der Waals surface area (Å²) in [4.78, 5) is 24.2. The summed E-state index contributed by atoms with van der Waals surface area (Å²) in [5.41, 5.74) is 1.66. The molecular formula is C18H19ClN2O3. The molecule has 6 heteroatoms. The molecule has 0 fully saturated rings. The van der Waals surface area contributed by atoms with E-state index in [0.29, 0.717) is 0 Å². The molecule has 0 N–H and O–H groups in total. The van der Waals surface area contributed by atoms with Gasteiger partial charge in [-0.05, 0) is 17.7 Å². The van der Waals surface area contributed by atoms with Crippen LogP contribution in [0.4, 0.5) is 5.69 Å². The van der Waals surface area contributed by atoms with Gasteiger partial charge in [-0.25, -0.2) is 5.01 Å². The van der Waals surface area contributed by atoms with Crippen LogP contribution in [0.2, 0.25) is 0 Å². The molecule has 0 atom stereocenters. The molecule has 2 aromatic carbocycles. The third-order valence-corrected chi connectivity index (χ3v) is 3.64. The molecule has 1 amide bonds. The molecule has 2 rings (SSSR count). The number of amides is 1. The van der Waals surface area contributed by atoms with Crippen molar-refractivity contribution in [2.75, 3.05) is 24.5 Å². The molecule has 0 aliphatic rings. The van der Waals surface area contributed by atoms with Crippen molar-refractivity contribution >= 4 is 29.2 Å². The Morgan fingerprint density at radius 1 is 1.00 bits per heavy atom. The van der Waals surface area contributed by atoms with Crippen molar-refractivity contribution < 1.29 is 14.3 Å². The Balaban J connectivity index is 2.00. The molecule has 0 bridgehead atoms. The quantitative estimate of drug-likeness (QED) is 0.439. The third kappa shape index (κ3) is 4.99. The Hall–Kier alpha value is -2.53. The Kier molecular flexibility index (Phi) is 6.63. The number of hydrogen-bond acceptors (Lipinski definition) is 4. The van der Waals surface area contributed by atoms with Gasteiger partial charge in [0.05, 0.1) is 5.69 Å². The van der Waals surface area contributed by atoms with Crippen molar-refractivity contribution in [3.63, 3.8) is 0 Å². The van der Waals surface area contributed by atoms with E-state index in [1.165, 1.54) is 5.01 Å². The Labute approximate surface area is 146 Å². The highest BCUT2D eigenvalue weighted by Crippen LogP contribution is 2.14. The van der Waals surface area contributed by atoms with E-state index in [0.717, 1.165) is 11.3 Å². The first-order valence-electron chi connectivity index (χ1n) is 7.46. The van der Waals surface area contributed by atoms with Gasteiger partial charge in [0.25, 0.3) is 5.91 Å². The van der Waals surface area contributed by atoms with Crippen molar-refractivity contribution in [3.8, 4) is 0 Å². The summed E-state index contributed by atoms with van der Waals surface area (Å²) in [6.45, 7) is -0.0403. The van der Waals surface area contributed by atoms with Crippen LogP contribution in [0.3, 0.4) is 0 Å². The SMILES string of the molecule is CN(c1ccccc1)N(CC(=O)OCc1ccccc1)C(=O)CCl. The van der Waals surface area contributed by atoms with Crippen molar-refractivity contribution in [2.45, 2.75) is 6.61 Å². The Morgan fingerprint density at radius 3 is 2.17 bits per heavy atom. The number of nitrogens with zero attached hydrogens (tertiary/aromatic N) is 2. The van der Waals surface area contributed by atoms with Crippen LogP contribution in [0.1, 0.15) is 5.56 Å². The van der Waals surface area contributed by atoms with Crippen LogP contribution in [-0.2, 0) is 20.9 Å². The molecule has 0 saturated carbocycles. The van der Waals surface area contributed by atoms with E-state index in [2.05, 4.69) is 0 Å². The zero-order valence-corrected chi connectivity index (χ0v) is 14.1. The summed E-state index contributed by atoms with van der Waals surface area (Å²) in [6.07, 6.45) is 0. The lowest BCUT2D eigenvalue weighted by Crippen LogP contribution is -2.48. The number of carbonyl (C=O) groups is 2. The number of hydrogen-bond donors (Lipinski definition) is 0. The maximum atomic E-state index is 12.1. The number of ether oxygens (including phenoxy) is 1. The normalized spacial score (nSPS) is 10.1. The van der Waals surface area contributed by atoms with E-state index in [9.17, 15) is 9.59 Å². The van der Waals surface area contributed by atoms with Gasteiger partial charge in [-0.15, -0.1) is 11.6 Å². The summed E-state index contributed by atoms with van der Waals surface area (Å²) in [6, 6.07) is 18.6. The molecule has 5 nitrogen and oxygen atoms in total. The minimum absolute atomic E-state index is 0.164. The number of halogens is 1. The molecule has 2 aromatic rings. The van der Waals surface area contributed by atoms with Crippen LogP contribution in [0.15, 0.2) is 60.7 Å². The zero-order valence-electron chi connectivity index (χ0n) is 13.4. The van der Waals surface area contributed by atoms with E-state index in [4.69, 9.17) is 16.3 Å². The number of hydrazine groups is 1. The maximum absolute atomic E-state index is 12.1. The number of esters is 1. The lowest BCUT2D eigenvalue weighted by molar-refractivity contribution is -0.150. The summed E-state index contributed by atoms with van der Waals surface area (Å²) in [7, 11) is 1.70. The van der Waals surface area contributed by atoms with E-state index in [1.807, 2.05) is 60.7 Å². The van der Waals surface area contributed by atoms with Crippen molar-refractivity contribution in [1.82, 2.24) is 5.01 Å². The monoisotopic (exact) mass is 346 g/mol. The number of rotatable bonds is 7. The highest BCUT2D eigenvalue weighted by molar-refractivity contribution is 6.27. The van der Waals surface area contributed by atoms with Crippen molar-refractivity contribution in [2.24, 2.45) is 0 Å². The van der Waals surface area contributed by atoms with E-state index in [1.54, 1.807) is 12.1 Å². The highest BCUT2D eigenvalue weighted by atomic mass is 35.5. The van der Waals surface area contributed by atoms with Gasteiger partial charge in [0.2, 0.25) is 0 Å². The number of benzene rings is 2. The topological polar surface area (TPSA) is 49.9 Å². The minimum Gasteiger partial charge on any atom is -0.459 e. The van der Waals surface area contributed by atoms with Crippen molar-refractivity contribution in [3.05, 3.63) is 66.2 Å². The number of carbonyl (C=O) groups excluding carboxylic acids is 2. The molecule has 126 valence electrons. The minimum atomic E-state index is -0.500. The van der Waals surface area contributed by atoms with Gasteiger partial charge in [0.1, 0.15) is 19.0 Å². The largest absolute Gasteiger partial charge is 0.459 e. The summed E-state index contributed by atoms with van der Waals surface area (Å²) < 4.78 is 5.24. The second-order valence-electron chi connectivity index (χ2n) is 5.09. The van der Waals surface area contributed by atoms with Crippen LogP contribution in [-0.4, -0.2) is 36.4 Å². The van der Waals surface area contributed by atoms with Crippen LogP contribution < -0.4 is 5.01 Å². The highest BCUT2D eigenvalue weighted by Gasteiger charge is 2.22. The predicted molar refractivity (Wildman–Crippen MR) is 93.5 cm³/mol. The van der Waals surface area contributed by atoms with Crippen LogP contribution >= 0.6 is 11.6 Å². The van der Waals surface area contributed by atoms with Gasteiger partial charge < -0.3 is 4.74 Å². The smallest absolute Gasteiger partial charge is 0.328 e. The van der Waals surface area contributed by atoms with Crippen LogP contribution in [0.5, 0.6) is 0 Å². The molecule has 0 aliphatic heterocycles. The molecule has 0 radical (unpaired) electrons. The number of alkyl halides is 1. The van der Waals surface area contributed by atoms with Crippen molar-refractivity contribution in [1.29, 1.82) is 0 Å². The molecule has 0 aliphatic carbocycles. The van der Waals surface area contributed by atoms with Crippen LogP contribution in [0.25, 0.3) is 0 Å². The summed E-state index contributed by atoms with van der Waals surface area (Å²) in [5.74, 6) is -1.09. The average molecular weight is 347 g/mol. The van der Waals surface area contributed by atoms with E-state index in [-0.39, 0.29) is 24.9 Å². The standard InChI is InChI=1S/C18H19ClN2O3/c1-20(16-10-6-3-7-11-16)21(17(22)12-19)13-18(23)24-14-15-8-4-2-5-9-15/h2-11H,12-14H2,1H3. The molecule has 24 heavy (non-hydrogen) atoms. The zero-order chi connectivity index (χ0) is 17.4. The molecule has 0 unspecified atom stereocenters. The van der Waals surface area contributed by atoms with E-state index >= 15 is 0 Å². The van der Waals surface area contributed by atoms with Gasteiger partial charge in [0.15, 0.2) is 0 Å². The summed E-state index contributed by atoms with van der Waals surface area (Å²) in [5, 5.41) is 2.87. The lowest BCUT2D eigenvalue weighted by atomic mass is 10.2. The first kappa shape index (κ1) is 17.8. The van der Waals surface area contributed by atoms with Crippen LogP contribution in [0, 0.1) is 0 Å². The fraction of sp³-hybridized carbons (Fsp3) is 0.222. The lowest BCUT2D eigenvalue weighted by Gasteiger charge is -2.32. The fourth-order valence-corrected chi connectivity index (χ4v) is 2.26. The predicted octanol–water partition coefficient (Wildman–Crippen LogP) is 2.85. The molecule has 0 spiro atoms. The second-order valence-corrected chi connectivity index (χ2v) is 5.36. The number of anilines is 1. The first-order valence-corrected chi connectivity index (χ1v) is 8.00. The summed E-state index contributed by atoms with van der Waals surface area (Å²) >= 11 is 5.66. The third-order valence-electron chi connectivity index (χ3n) is 3.42. The molecule has 0 saturated heterocycles. The molecule has 0 aromatic heterocycles. The fourth-order valence-electron chi connectivity index (χ4n) is 2.12. The maximum Gasteiger partial charge on any atom is 0.328 e.